The van der Waals surface area contributed by atoms with Crippen molar-refractivity contribution in [2.75, 3.05) is 19.6 Å². The van der Waals surface area contributed by atoms with Crippen LogP contribution in [0.2, 0.25) is 0 Å². The predicted molar refractivity (Wildman–Crippen MR) is 75.5 cm³/mol. The molecule has 104 valence electrons. The van der Waals surface area contributed by atoms with E-state index in [-0.39, 0.29) is 11.5 Å². The Balaban J connectivity index is 2.29. The molecule has 1 heterocycles. The van der Waals surface area contributed by atoms with Crippen molar-refractivity contribution >= 4 is 6.09 Å². The first-order chi connectivity index (χ1) is 8.89. The summed E-state index contributed by atoms with van der Waals surface area (Å²) >= 11 is 0. The van der Waals surface area contributed by atoms with Gasteiger partial charge in [-0.25, -0.2) is 4.79 Å². The predicted octanol–water partition coefficient (Wildman–Crippen LogP) is 2.61. The normalized spacial score (nSPS) is 20.4. The molecule has 4 nitrogen and oxygen atoms in total. The van der Waals surface area contributed by atoms with Gasteiger partial charge in [-0.3, -0.25) is 0 Å². The first kappa shape index (κ1) is 13.9. The summed E-state index contributed by atoms with van der Waals surface area (Å²) in [6.45, 7) is 8.33. The van der Waals surface area contributed by atoms with Crippen LogP contribution in [0.1, 0.15) is 37.9 Å². The molecular weight excluding hydrogens is 240 g/mol. The van der Waals surface area contributed by atoms with Crippen molar-refractivity contribution in [1.82, 2.24) is 10.2 Å². The number of carbonyl (C=O) groups is 1. The molecule has 2 N–H and O–H groups in total. The Morgan fingerprint density at radius 3 is 2.68 bits per heavy atom. The van der Waals surface area contributed by atoms with E-state index in [4.69, 9.17) is 5.11 Å². The van der Waals surface area contributed by atoms with Crippen LogP contribution in [0.15, 0.2) is 24.3 Å². The van der Waals surface area contributed by atoms with Gasteiger partial charge in [0.15, 0.2) is 0 Å². The lowest BCUT2D eigenvalue weighted by molar-refractivity contribution is 0.128. The summed E-state index contributed by atoms with van der Waals surface area (Å²) < 4.78 is 0. The maximum atomic E-state index is 11.1. The minimum Gasteiger partial charge on any atom is -0.465 e. The average Bonchev–Trinajstić information content (AvgIpc) is 2.38. The number of benzene rings is 1. The maximum absolute atomic E-state index is 11.1. The van der Waals surface area contributed by atoms with E-state index in [1.54, 1.807) is 0 Å². The molecule has 1 unspecified atom stereocenters. The number of hydrogen-bond donors (Lipinski definition) is 2. The third-order valence-corrected chi connectivity index (χ3v) is 3.59. The lowest BCUT2D eigenvalue weighted by Gasteiger charge is -2.35. The molecule has 1 saturated heterocycles. The zero-order chi connectivity index (χ0) is 14.0. The monoisotopic (exact) mass is 262 g/mol. The second-order valence-electron chi connectivity index (χ2n) is 6.07. The van der Waals surface area contributed by atoms with Crippen LogP contribution in [-0.4, -0.2) is 35.7 Å². The summed E-state index contributed by atoms with van der Waals surface area (Å²) in [7, 11) is 0. The van der Waals surface area contributed by atoms with Crippen LogP contribution in [0.5, 0.6) is 0 Å². The summed E-state index contributed by atoms with van der Waals surface area (Å²) in [6, 6.07) is 8.38. The molecule has 4 heteroatoms. The van der Waals surface area contributed by atoms with E-state index in [1.807, 2.05) is 12.1 Å². The van der Waals surface area contributed by atoms with E-state index in [0.29, 0.717) is 19.6 Å². The number of piperazine rings is 1. The van der Waals surface area contributed by atoms with E-state index in [9.17, 15) is 4.79 Å². The number of nitrogens with zero attached hydrogens (tertiary/aromatic N) is 1. The Bertz CT molecular complexity index is 465. The Morgan fingerprint density at radius 1 is 1.37 bits per heavy atom. The van der Waals surface area contributed by atoms with E-state index >= 15 is 0 Å². The molecule has 1 aliphatic rings. The molecule has 0 aliphatic carbocycles. The van der Waals surface area contributed by atoms with Gasteiger partial charge in [-0.15, -0.1) is 0 Å². The van der Waals surface area contributed by atoms with Gasteiger partial charge in [-0.05, 0) is 16.5 Å². The highest BCUT2D eigenvalue weighted by atomic mass is 16.4. The molecule has 0 bridgehead atoms. The van der Waals surface area contributed by atoms with Crippen LogP contribution in [0, 0.1) is 0 Å². The van der Waals surface area contributed by atoms with Gasteiger partial charge < -0.3 is 15.3 Å². The fourth-order valence-electron chi connectivity index (χ4n) is 2.62. The molecule has 1 amide bonds. The van der Waals surface area contributed by atoms with Crippen LogP contribution in [0.25, 0.3) is 0 Å². The minimum absolute atomic E-state index is 0.0593. The van der Waals surface area contributed by atoms with Gasteiger partial charge in [0.2, 0.25) is 0 Å². The topological polar surface area (TPSA) is 52.6 Å². The standard InChI is InChI=1S/C15H22N2O2/c1-15(2,3)12-7-5-4-6-11(12)13-10-17(14(18)19)9-8-16-13/h4-7,13,16H,8-10H2,1-3H3,(H,18,19). The first-order valence-electron chi connectivity index (χ1n) is 6.70. The molecule has 0 spiro atoms. The number of rotatable bonds is 1. The Morgan fingerprint density at radius 2 is 2.05 bits per heavy atom. The number of nitrogens with one attached hydrogen (secondary N) is 1. The van der Waals surface area contributed by atoms with Gasteiger partial charge in [-0.1, -0.05) is 45.0 Å². The highest BCUT2D eigenvalue weighted by Gasteiger charge is 2.27. The summed E-state index contributed by atoms with van der Waals surface area (Å²) in [5.74, 6) is 0. The lowest BCUT2D eigenvalue weighted by Crippen LogP contribution is -2.48. The largest absolute Gasteiger partial charge is 0.465 e. The third kappa shape index (κ3) is 3.07. The van der Waals surface area contributed by atoms with E-state index in [2.05, 4.69) is 38.2 Å². The molecule has 0 saturated carbocycles. The van der Waals surface area contributed by atoms with Crippen molar-refractivity contribution in [3.63, 3.8) is 0 Å². The van der Waals surface area contributed by atoms with Crippen LogP contribution in [0.3, 0.4) is 0 Å². The smallest absolute Gasteiger partial charge is 0.407 e. The van der Waals surface area contributed by atoms with Gasteiger partial charge in [0, 0.05) is 19.6 Å². The highest BCUT2D eigenvalue weighted by molar-refractivity contribution is 5.65. The Hall–Kier alpha value is -1.55. The van der Waals surface area contributed by atoms with Gasteiger partial charge in [0.05, 0.1) is 6.04 Å². The third-order valence-electron chi connectivity index (χ3n) is 3.59. The SMILES string of the molecule is CC(C)(C)c1ccccc1C1CN(C(=O)O)CCN1. The molecule has 1 aliphatic heterocycles. The highest BCUT2D eigenvalue weighted by Crippen LogP contribution is 2.30. The first-order valence-corrected chi connectivity index (χ1v) is 6.70. The van der Waals surface area contributed by atoms with Gasteiger partial charge in [0.1, 0.15) is 0 Å². The molecule has 1 aromatic rings. The van der Waals surface area contributed by atoms with Gasteiger partial charge >= 0.3 is 6.09 Å². The van der Waals surface area contributed by atoms with Gasteiger partial charge in [-0.2, -0.15) is 0 Å². The van der Waals surface area contributed by atoms with Crippen molar-refractivity contribution < 1.29 is 9.90 Å². The maximum Gasteiger partial charge on any atom is 0.407 e. The fraction of sp³-hybridized carbons (Fsp3) is 0.533. The Kier molecular flexibility index (Phi) is 3.80. The molecule has 0 aromatic heterocycles. The quantitative estimate of drug-likeness (QED) is 0.818. The number of amides is 1. The Labute approximate surface area is 114 Å². The van der Waals surface area contributed by atoms with Crippen molar-refractivity contribution in [2.45, 2.75) is 32.2 Å². The molecular formula is C15H22N2O2. The lowest BCUT2D eigenvalue weighted by atomic mass is 9.81. The minimum atomic E-state index is -0.834. The van der Waals surface area contributed by atoms with Crippen molar-refractivity contribution in [1.29, 1.82) is 0 Å². The van der Waals surface area contributed by atoms with Crippen LogP contribution in [0.4, 0.5) is 4.79 Å². The van der Waals surface area contributed by atoms with Gasteiger partial charge in [0.25, 0.3) is 0 Å². The summed E-state index contributed by atoms with van der Waals surface area (Å²) in [6.07, 6.45) is -0.834. The second-order valence-corrected chi connectivity index (χ2v) is 6.07. The van der Waals surface area contributed by atoms with Crippen molar-refractivity contribution in [3.05, 3.63) is 35.4 Å². The summed E-state index contributed by atoms with van der Waals surface area (Å²) in [4.78, 5) is 12.6. The van der Waals surface area contributed by atoms with E-state index < -0.39 is 6.09 Å². The average molecular weight is 262 g/mol. The van der Waals surface area contributed by atoms with E-state index in [1.165, 1.54) is 16.0 Å². The van der Waals surface area contributed by atoms with Crippen molar-refractivity contribution in [3.8, 4) is 0 Å². The summed E-state index contributed by atoms with van der Waals surface area (Å²) in [5, 5.41) is 12.6. The van der Waals surface area contributed by atoms with Crippen LogP contribution >= 0.6 is 0 Å². The number of hydrogen-bond acceptors (Lipinski definition) is 2. The second kappa shape index (κ2) is 5.21. The molecule has 1 fully saturated rings. The molecule has 0 radical (unpaired) electrons. The molecule has 1 aromatic carbocycles. The van der Waals surface area contributed by atoms with Crippen LogP contribution < -0.4 is 5.32 Å². The fourth-order valence-corrected chi connectivity index (χ4v) is 2.62. The summed E-state index contributed by atoms with van der Waals surface area (Å²) in [5.41, 5.74) is 2.55. The number of carboxylic acid groups (broad SMARTS) is 1. The molecule has 19 heavy (non-hydrogen) atoms. The molecule has 2 rings (SSSR count). The zero-order valence-electron chi connectivity index (χ0n) is 11.8. The molecule has 1 atom stereocenters. The van der Waals surface area contributed by atoms with Crippen LogP contribution in [-0.2, 0) is 5.41 Å². The zero-order valence-corrected chi connectivity index (χ0v) is 11.8. The van der Waals surface area contributed by atoms with E-state index in [0.717, 1.165) is 0 Å². The van der Waals surface area contributed by atoms with Crippen molar-refractivity contribution in [2.24, 2.45) is 0 Å².